The van der Waals surface area contributed by atoms with E-state index < -0.39 is 0 Å². The fraction of sp³-hybridized carbons (Fsp3) is 0.513. The van der Waals surface area contributed by atoms with Crippen molar-refractivity contribution in [2.24, 2.45) is 0 Å². The first-order valence-corrected chi connectivity index (χ1v) is 16.9. The smallest absolute Gasteiger partial charge is 0.220 e. The molecular formula is C39H55N3O3. The van der Waals surface area contributed by atoms with Gasteiger partial charge in [-0.3, -0.25) is 4.79 Å². The van der Waals surface area contributed by atoms with Gasteiger partial charge in [0.25, 0.3) is 0 Å². The predicted molar refractivity (Wildman–Crippen MR) is 188 cm³/mol. The lowest BCUT2D eigenvalue weighted by Gasteiger charge is -2.28. The standard InChI is InChI=1S/C39H55N3O3/c1-6-27-42-35-20-13-11-18-33(35)39(4,5)36(42)21-9-7-8-15-25-38(2,3)32-17-10-12-19-34(32)40-26-16-14-22-37(44)41-30-23-24-31(28-43)45-29-30/h7-13,15,17-21,30-31,40,43H,6,14,16,22-29H2,1-5H3,(H,41,44)/b9-7+,15-8+,36-21+/t30?,31-/m0/s1. The number of aliphatic hydroxyl groups is 1. The van der Waals surface area contributed by atoms with E-state index >= 15 is 0 Å². The molecular weight excluding hydrogens is 558 g/mol. The minimum Gasteiger partial charge on any atom is -0.394 e. The van der Waals surface area contributed by atoms with Crippen molar-refractivity contribution in [2.75, 3.05) is 36.5 Å². The summed E-state index contributed by atoms with van der Waals surface area (Å²) >= 11 is 0. The highest BCUT2D eigenvalue weighted by molar-refractivity contribution is 5.76. The summed E-state index contributed by atoms with van der Waals surface area (Å²) in [5.41, 5.74) is 6.51. The van der Waals surface area contributed by atoms with Crippen LogP contribution in [0.15, 0.2) is 84.6 Å². The maximum Gasteiger partial charge on any atom is 0.220 e. The van der Waals surface area contributed by atoms with E-state index in [1.54, 1.807) is 0 Å². The van der Waals surface area contributed by atoms with Gasteiger partial charge >= 0.3 is 0 Å². The van der Waals surface area contributed by atoms with Crippen LogP contribution in [0.3, 0.4) is 0 Å². The Kier molecular flexibility index (Phi) is 12.5. The molecule has 2 aromatic rings. The third-order valence-electron chi connectivity index (χ3n) is 9.23. The minimum atomic E-state index is -0.0847. The molecule has 0 aromatic heterocycles. The summed E-state index contributed by atoms with van der Waals surface area (Å²) in [5, 5.41) is 15.9. The quantitative estimate of drug-likeness (QED) is 0.141. The topological polar surface area (TPSA) is 73.8 Å². The van der Waals surface area contributed by atoms with Crippen LogP contribution in [0.25, 0.3) is 0 Å². The van der Waals surface area contributed by atoms with Gasteiger partial charge in [0.1, 0.15) is 0 Å². The summed E-state index contributed by atoms with van der Waals surface area (Å²) < 4.78 is 5.57. The van der Waals surface area contributed by atoms with E-state index in [4.69, 9.17) is 4.74 Å². The van der Waals surface area contributed by atoms with Gasteiger partial charge in [0.15, 0.2) is 0 Å². The van der Waals surface area contributed by atoms with E-state index in [1.807, 2.05) is 0 Å². The van der Waals surface area contributed by atoms with Crippen molar-refractivity contribution in [1.82, 2.24) is 5.32 Å². The summed E-state index contributed by atoms with van der Waals surface area (Å²) in [5.74, 6) is 0.0833. The van der Waals surface area contributed by atoms with Crippen LogP contribution in [0, 0.1) is 0 Å². The average molecular weight is 614 g/mol. The number of allylic oxidation sites excluding steroid dienone is 6. The number of para-hydroxylation sites is 2. The van der Waals surface area contributed by atoms with Gasteiger partial charge in [-0.1, -0.05) is 95.3 Å². The molecule has 6 nitrogen and oxygen atoms in total. The van der Waals surface area contributed by atoms with Crippen molar-refractivity contribution in [3.63, 3.8) is 0 Å². The van der Waals surface area contributed by atoms with Gasteiger partial charge in [0.05, 0.1) is 25.4 Å². The van der Waals surface area contributed by atoms with Gasteiger partial charge in [-0.15, -0.1) is 0 Å². The van der Waals surface area contributed by atoms with Crippen molar-refractivity contribution in [2.45, 2.75) is 103 Å². The molecule has 1 saturated heterocycles. The Balaban J connectivity index is 1.25. The van der Waals surface area contributed by atoms with Crippen LogP contribution in [-0.2, 0) is 20.4 Å². The van der Waals surface area contributed by atoms with E-state index in [1.165, 1.54) is 22.5 Å². The molecule has 4 rings (SSSR count). The molecule has 1 fully saturated rings. The number of rotatable bonds is 15. The third-order valence-corrected chi connectivity index (χ3v) is 9.23. The number of unbranched alkanes of at least 4 members (excludes halogenated alkanes) is 1. The van der Waals surface area contributed by atoms with Crippen LogP contribution < -0.4 is 15.5 Å². The highest BCUT2D eigenvalue weighted by atomic mass is 16.5. The number of carbonyl (C=O) groups is 1. The Morgan fingerprint density at radius 1 is 1.07 bits per heavy atom. The van der Waals surface area contributed by atoms with Crippen molar-refractivity contribution < 1.29 is 14.6 Å². The largest absolute Gasteiger partial charge is 0.394 e. The summed E-state index contributed by atoms with van der Waals surface area (Å²) in [6.45, 7) is 13.9. The predicted octanol–water partition coefficient (Wildman–Crippen LogP) is 7.80. The first kappa shape index (κ1) is 34.5. The fourth-order valence-electron chi connectivity index (χ4n) is 6.59. The Labute approximate surface area is 271 Å². The molecule has 0 aliphatic carbocycles. The molecule has 6 heteroatoms. The summed E-state index contributed by atoms with van der Waals surface area (Å²) in [6.07, 6.45) is 16.9. The number of carbonyl (C=O) groups excluding carboxylic acids is 1. The molecule has 0 spiro atoms. The fourth-order valence-corrected chi connectivity index (χ4v) is 6.59. The highest BCUT2D eigenvalue weighted by Crippen LogP contribution is 2.47. The summed E-state index contributed by atoms with van der Waals surface area (Å²) in [6, 6.07) is 17.4. The SMILES string of the molecule is CCCN1/C(=C/C=C/C=C/CC(C)(C)c2ccccc2NCCCCC(=O)NC2CC[C@@H](CO)OC2)C(C)(C)c2ccccc21. The molecule has 1 amide bonds. The number of nitrogens with one attached hydrogen (secondary N) is 2. The summed E-state index contributed by atoms with van der Waals surface area (Å²) in [7, 11) is 0. The zero-order chi connectivity index (χ0) is 32.3. The highest BCUT2D eigenvalue weighted by Gasteiger charge is 2.39. The Hall–Kier alpha value is -3.35. The number of hydrogen-bond donors (Lipinski definition) is 3. The molecule has 0 saturated carbocycles. The first-order valence-electron chi connectivity index (χ1n) is 16.9. The molecule has 0 bridgehead atoms. The van der Waals surface area contributed by atoms with Crippen molar-refractivity contribution in [1.29, 1.82) is 0 Å². The average Bonchev–Trinajstić information content (AvgIpc) is 3.24. The van der Waals surface area contributed by atoms with Crippen LogP contribution in [-0.4, -0.2) is 49.5 Å². The van der Waals surface area contributed by atoms with E-state index in [0.717, 1.165) is 57.3 Å². The molecule has 2 aliphatic rings. The van der Waals surface area contributed by atoms with E-state index in [9.17, 15) is 9.90 Å². The number of fused-ring (bicyclic) bond motifs is 1. The van der Waals surface area contributed by atoms with Crippen LogP contribution >= 0.6 is 0 Å². The van der Waals surface area contributed by atoms with Crippen molar-refractivity contribution in [3.8, 4) is 0 Å². The van der Waals surface area contributed by atoms with Gasteiger partial charge < -0.3 is 25.4 Å². The van der Waals surface area contributed by atoms with Crippen LogP contribution in [0.5, 0.6) is 0 Å². The molecule has 2 atom stereocenters. The Morgan fingerprint density at radius 2 is 1.84 bits per heavy atom. The molecule has 45 heavy (non-hydrogen) atoms. The number of ether oxygens (including phenoxy) is 1. The maximum atomic E-state index is 12.4. The number of nitrogens with zero attached hydrogens (tertiary/aromatic N) is 1. The number of anilines is 2. The molecule has 3 N–H and O–H groups in total. The van der Waals surface area contributed by atoms with Crippen LogP contribution in [0.1, 0.15) is 90.7 Å². The lowest BCUT2D eigenvalue weighted by atomic mass is 9.80. The molecule has 0 radical (unpaired) electrons. The number of hydrogen-bond acceptors (Lipinski definition) is 5. The maximum absolute atomic E-state index is 12.4. The normalized spacial score (nSPS) is 20.7. The lowest BCUT2D eigenvalue weighted by Crippen LogP contribution is -2.43. The second-order valence-electron chi connectivity index (χ2n) is 13.7. The molecule has 2 aliphatic heterocycles. The van der Waals surface area contributed by atoms with Crippen molar-refractivity contribution >= 4 is 17.3 Å². The molecule has 2 heterocycles. The second-order valence-corrected chi connectivity index (χ2v) is 13.7. The first-order chi connectivity index (χ1) is 21.7. The molecule has 1 unspecified atom stereocenters. The number of benzene rings is 2. The van der Waals surface area contributed by atoms with E-state index in [-0.39, 0.29) is 35.5 Å². The zero-order valence-corrected chi connectivity index (χ0v) is 28.1. The van der Waals surface area contributed by atoms with Crippen LogP contribution in [0.2, 0.25) is 0 Å². The van der Waals surface area contributed by atoms with Gasteiger partial charge in [-0.2, -0.15) is 0 Å². The lowest BCUT2D eigenvalue weighted by molar-refractivity contribution is -0.123. The van der Waals surface area contributed by atoms with Crippen molar-refractivity contribution in [3.05, 3.63) is 95.7 Å². The minimum absolute atomic E-state index is 0.0130. The summed E-state index contributed by atoms with van der Waals surface area (Å²) in [4.78, 5) is 14.9. The van der Waals surface area contributed by atoms with E-state index in [0.29, 0.717) is 13.0 Å². The number of amides is 1. The monoisotopic (exact) mass is 613 g/mol. The Bertz CT molecular complexity index is 1330. The number of aliphatic hydroxyl groups excluding tert-OH is 1. The van der Waals surface area contributed by atoms with Gasteiger partial charge in [0.2, 0.25) is 5.91 Å². The molecule has 244 valence electrons. The Morgan fingerprint density at radius 3 is 2.60 bits per heavy atom. The van der Waals surface area contributed by atoms with Crippen LogP contribution in [0.4, 0.5) is 11.4 Å². The third kappa shape index (κ3) is 9.11. The zero-order valence-electron chi connectivity index (χ0n) is 28.1. The van der Waals surface area contributed by atoms with Gasteiger partial charge in [-0.25, -0.2) is 0 Å². The molecule has 2 aromatic carbocycles. The second kappa shape index (κ2) is 16.3. The van der Waals surface area contributed by atoms with Gasteiger partial charge in [-0.05, 0) is 73.3 Å². The van der Waals surface area contributed by atoms with E-state index in [2.05, 4.69) is 129 Å². The van der Waals surface area contributed by atoms with Gasteiger partial charge in [0, 0.05) is 42.0 Å².